The Labute approximate surface area is 112 Å². The maximum Gasteiger partial charge on any atom is 0.0461 e. The summed E-state index contributed by atoms with van der Waals surface area (Å²) in [5.41, 5.74) is 8.07. The van der Waals surface area contributed by atoms with Gasteiger partial charge in [0, 0.05) is 28.8 Å². The normalized spacial score (nSPS) is 25.4. The molecule has 2 unspecified atom stereocenters. The smallest absolute Gasteiger partial charge is 0.0461 e. The van der Waals surface area contributed by atoms with Gasteiger partial charge in [-0.1, -0.05) is 19.1 Å². The van der Waals surface area contributed by atoms with E-state index in [1.54, 1.807) is 0 Å². The molecule has 94 valence electrons. The summed E-state index contributed by atoms with van der Waals surface area (Å²) in [7, 11) is 0. The van der Waals surface area contributed by atoms with Crippen LogP contribution < -0.4 is 5.73 Å². The van der Waals surface area contributed by atoms with Crippen LogP contribution in [0.5, 0.6) is 0 Å². The van der Waals surface area contributed by atoms with E-state index in [1.165, 1.54) is 24.8 Å². The van der Waals surface area contributed by atoms with Crippen LogP contribution in [0.4, 0.5) is 5.69 Å². The van der Waals surface area contributed by atoms with Gasteiger partial charge in [-0.05, 0) is 53.7 Å². The van der Waals surface area contributed by atoms with Gasteiger partial charge in [0.2, 0.25) is 0 Å². The molecule has 2 rings (SSSR count). The lowest BCUT2D eigenvalue weighted by atomic mass is 10.1. The number of rotatable bonds is 3. The second kappa shape index (κ2) is 5.40. The third kappa shape index (κ3) is 2.66. The van der Waals surface area contributed by atoms with E-state index in [0.717, 1.165) is 22.7 Å². The Morgan fingerprint density at radius 3 is 2.88 bits per heavy atom. The zero-order valence-electron chi connectivity index (χ0n) is 10.6. The van der Waals surface area contributed by atoms with E-state index in [0.29, 0.717) is 6.04 Å². The Hall–Kier alpha value is -0.540. The van der Waals surface area contributed by atoms with Gasteiger partial charge in [-0.2, -0.15) is 0 Å². The van der Waals surface area contributed by atoms with Crippen molar-refractivity contribution >= 4 is 21.6 Å². The third-order valence-corrected chi connectivity index (χ3v) is 4.85. The van der Waals surface area contributed by atoms with Crippen molar-refractivity contribution in [3.05, 3.63) is 28.2 Å². The number of hydrogen-bond donors (Lipinski definition) is 1. The van der Waals surface area contributed by atoms with E-state index in [9.17, 15) is 0 Å². The molecule has 17 heavy (non-hydrogen) atoms. The molecule has 1 aliphatic heterocycles. The highest BCUT2D eigenvalue weighted by Crippen LogP contribution is 2.31. The molecule has 3 heteroatoms. The molecule has 1 heterocycles. The van der Waals surface area contributed by atoms with Gasteiger partial charge in [-0.25, -0.2) is 0 Å². The first-order chi connectivity index (χ1) is 8.13. The Bertz CT molecular complexity index is 392. The summed E-state index contributed by atoms with van der Waals surface area (Å²) >= 11 is 3.60. The summed E-state index contributed by atoms with van der Waals surface area (Å²) in [6.45, 7) is 5.62. The molecule has 1 aromatic rings. The molecule has 0 spiro atoms. The Morgan fingerprint density at radius 2 is 2.18 bits per heavy atom. The van der Waals surface area contributed by atoms with Crippen LogP contribution in [0.25, 0.3) is 0 Å². The molecule has 2 N–H and O–H groups in total. The van der Waals surface area contributed by atoms with Crippen LogP contribution in [0.1, 0.15) is 38.7 Å². The van der Waals surface area contributed by atoms with E-state index in [-0.39, 0.29) is 0 Å². The highest BCUT2D eigenvalue weighted by molar-refractivity contribution is 9.10. The minimum Gasteiger partial charge on any atom is -0.398 e. The van der Waals surface area contributed by atoms with Crippen molar-refractivity contribution in [2.45, 2.75) is 51.7 Å². The van der Waals surface area contributed by atoms with Gasteiger partial charge in [0.1, 0.15) is 0 Å². The van der Waals surface area contributed by atoms with Crippen molar-refractivity contribution in [2.75, 3.05) is 5.73 Å². The lowest BCUT2D eigenvalue weighted by molar-refractivity contribution is 0.189. The maximum atomic E-state index is 5.93. The Balaban J connectivity index is 2.17. The van der Waals surface area contributed by atoms with Crippen LogP contribution in [0.3, 0.4) is 0 Å². The average Bonchev–Trinajstić information content (AvgIpc) is 2.66. The highest BCUT2D eigenvalue weighted by Gasteiger charge is 2.29. The minimum atomic E-state index is 0.688. The second-order valence-electron chi connectivity index (χ2n) is 4.98. The molecule has 0 saturated carbocycles. The lowest BCUT2D eigenvalue weighted by Gasteiger charge is -2.28. The molecule has 0 bridgehead atoms. The van der Waals surface area contributed by atoms with Crippen molar-refractivity contribution in [1.29, 1.82) is 0 Å². The molecule has 0 aromatic heterocycles. The molecule has 1 aromatic carbocycles. The number of nitrogens with zero attached hydrogens (tertiary/aromatic N) is 1. The van der Waals surface area contributed by atoms with Crippen LogP contribution in [0.2, 0.25) is 0 Å². The largest absolute Gasteiger partial charge is 0.398 e. The average molecular weight is 297 g/mol. The van der Waals surface area contributed by atoms with Gasteiger partial charge < -0.3 is 5.73 Å². The summed E-state index contributed by atoms with van der Waals surface area (Å²) in [5, 5.41) is 0. The number of nitrogen functional groups attached to an aromatic ring is 1. The minimum absolute atomic E-state index is 0.688. The fourth-order valence-electron chi connectivity index (χ4n) is 2.77. The molecular formula is C14H21BrN2. The zero-order valence-corrected chi connectivity index (χ0v) is 12.2. The van der Waals surface area contributed by atoms with Crippen molar-refractivity contribution in [3.8, 4) is 0 Å². The predicted octanol–water partition coefficient (Wildman–Crippen LogP) is 3.79. The predicted molar refractivity (Wildman–Crippen MR) is 76.9 cm³/mol. The summed E-state index contributed by atoms with van der Waals surface area (Å²) in [6.07, 6.45) is 3.89. The van der Waals surface area contributed by atoms with E-state index >= 15 is 0 Å². The summed E-state index contributed by atoms with van der Waals surface area (Å²) in [6, 6.07) is 7.57. The third-order valence-electron chi connectivity index (χ3n) is 3.89. The summed E-state index contributed by atoms with van der Waals surface area (Å²) in [4.78, 5) is 2.61. The molecule has 2 nitrogen and oxygen atoms in total. The van der Waals surface area contributed by atoms with Crippen LogP contribution in [0, 0.1) is 0 Å². The van der Waals surface area contributed by atoms with Crippen LogP contribution in [-0.4, -0.2) is 17.0 Å². The molecule has 0 radical (unpaired) electrons. The topological polar surface area (TPSA) is 29.3 Å². The van der Waals surface area contributed by atoms with Gasteiger partial charge in [-0.3, -0.25) is 4.90 Å². The van der Waals surface area contributed by atoms with Gasteiger partial charge in [0.05, 0.1) is 0 Å². The Morgan fingerprint density at radius 1 is 1.41 bits per heavy atom. The van der Waals surface area contributed by atoms with E-state index in [4.69, 9.17) is 5.73 Å². The molecule has 1 fully saturated rings. The first-order valence-electron chi connectivity index (χ1n) is 6.42. The number of halogens is 1. The number of nitrogens with two attached hydrogens (primary N) is 1. The van der Waals surface area contributed by atoms with Crippen molar-refractivity contribution in [3.63, 3.8) is 0 Å². The van der Waals surface area contributed by atoms with Crippen molar-refractivity contribution in [1.82, 2.24) is 4.90 Å². The maximum absolute atomic E-state index is 5.93. The molecule has 1 aliphatic rings. The molecule has 0 amide bonds. The highest BCUT2D eigenvalue weighted by atomic mass is 79.9. The monoisotopic (exact) mass is 296 g/mol. The van der Waals surface area contributed by atoms with Crippen LogP contribution >= 0.6 is 15.9 Å². The number of anilines is 1. The van der Waals surface area contributed by atoms with Crippen molar-refractivity contribution in [2.24, 2.45) is 0 Å². The molecule has 2 atom stereocenters. The van der Waals surface area contributed by atoms with Gasteiger partial charge >= 0.3 is 0 Å². The van der Waals surface area contributed by atoms with E-state index in [2.05, 4.69) is 40.7 Å². The number of benzene rings is 1. The molecule has 1 saturated heterocycles. The number of likely N-dealkylation sites (tertiary alicyclic amines) is 1. The molecule has 0 aliphatic carbocycles. The fourth-order valence-corrected chi connectivity index (χ4v) is 3.16. The molecular weight excluding hydrogens is 276 g/mol. The lowest BCUT2D eigenvalue weighted by Crippen LogP contribution is -2.33. The first kappa shape index (κ1) is 12.9. The van der Waals surface area contributed by atoms with Crippen LogP contribution in [0.15, 0.2) is 22.7 Å². The SMILES string of the molecule is CCC1CCC(C)N1Cc1cccc(N)c1Br. The fraction of sp³-hybridized carbons (Fsp3) is 0.571. The Kier molecular flexibility index (Phi) is 4.10. The van der Waals surface area contributed by atoms with Gasteiger partial charge in [-0.15, -0.1) is 0 Å². The standard InChI is InChI=1S/C14H21BrN2/c1-3-12-8-7-10(2)17(12)9-11-5-4-6-13(16)14(11)15/h4-6,10,12H,3,7-9,16H2,1-2H3. The van der Waals surface area contributed by atoms with Gasteiger partial charge in [0.15, 0.2) is 0 Å². The van der Waals surface area contributed by atoms with E-state index in [1.807, 2.05) is 12.1 Å². The van der Waals surface area contributed by atoms with E-state index < -0.39 is 0 Å². The summed E-state index contributed by atoms with van der Waals surface area (Å²) in [5.74, 6) is 0. The van der Waals surface area contributed by atoms with Gasteiger partial charge in [0.25, 0.3) is 0 Å². The zero-order chi connectivity index (χ0) is 12.4. The van der Waals surface area contributed by atoms with Crippen LogP contribution in [-0.2, 0) is 6.54 Å². The first-order valence-corrected chi connectivity index (χ1v) is 7.21. The summed E-state index contributed by atoms with van der Waals surface area (Å²) < 4.78 is 1.06. The second-order valence-corrected chi connectivity index (χ2v) is 5.77. The van der Waals surface area contributed by atoms with Crippen molar-refractivity contribution < 1.29 is 0 Å². The number of hydrogen-bond acceptors (Lipinski definition) is 2. The quantitative estimate of drug-likeness (QED) is 0.860.